The van der Waals surface area contributed by atoms with Gasteiger partial charge in [-0.1, -0.05) is 30.3 Å². The second-order valence-corrected chi connectivity index (χ2v) is 7.34. The molecular formula is C23H25N3O4. The molecule has 1 aliphatic heterocycles. The van der Waals surface area contributed by atoms with E-state index in [2.05, 4.69) is 10.6 Å². The topological polar surface area (TPSA) is 83.8 Å². The van der Waals surface area contributed by atoms with Crippen molar-refractivity contribution in [1.82, 2.24) is 10.2 Å². The van der Waals surface area contributed by atoms with Gasteiger partial charge in [0.05, 0.1) is 7.11 Å². The molecule has 1 aliphatic rings. The normalized spacial score (nSPS) is 16.3. The van der Waals surface area contributed by atoms with Gasteiger partial charge in [-0.3, -0.25) is 4.79 Å². The quantitative estimate of drug-likeness (QED) is 0.662. The van der Waals surface area contributed by atoms with Gasteiger partial charge in [-0.25, -0.2) is 4.79 Å². The van der Waals surface area contributed by atoms with Gasteiger partial charge in [0.15, 0.2) is 17.1 Å². The lowest BCUT2D eigenvalue weighted by molar-refractivity contribution is 0.0585. The van der Waals surface area contributed by atoms with Crippen molar-refractivity contribution >= 4 is 28.6 Å². The van der Waals surface area contributed by atoms with Crippen LogP contribution < -0.4 is 15.4 Å². The number of likely N-dealkylation sites (tertiary alicyclic amines) is 1. The maximum atomic E-state index is 13.2. The van der Waals surface area contributed by atoms with Crippen molar-refractivity contribution in [2.45, 2.75) is 25.3 Å². The second-order valence-electron chi connectivity index (χ2n) is 7.34. The van der Waals surface area contributed by atoms with E-state index in [9.17, 15) is 9.59 Å². The highest BCUT2D eigenvalue weighted by Crippen LogP contribution is 2.30. The van der Waals surface area contributed by atoms with Gasteiger partial charge in [-0.05, 0) is 43.5 Å². The van der Waals surface area contributed by atoms with Crippen LogP contribution in [0.15, 0.2) is 59.0 Å². The van der Waals surface area contributed by atoms with Gasteiger partial charge in [0.25, 0.3) is 5.91 Å². The summed E-state index contributed by atoms with van der Waals surface area (Å²) in [6.45, 7) is 1.02. The molecule has 0 bridgehead atoms. The van der Waals surface area contributed by atoms with Crippen LogP contribution in [0.3, 0.4) is 0 Å². The number of hydrogen-bond acceptors (Lipinski definition) is 4. The number of carbonyl (C=O) groups excluding carboxylic acids is 2. The lowest BCUT2D eigenvalue weighted by Crippen LogP contribution is -2.49. The smallest absolute Gasteiger partial charge is 0.319 e. The Morgan fingerprint density at radius 2 is 1.97 bits per heavy atom. The number of fused-ring (bicyclic) bond motifs is 1. The maximum absolute atomic E-state index is 13.2. The molecule has 1 unspecified atom stereocenters. The fourth-order valence-corrected chi connectivity index (χ4v) is 3.83. The lowest BCUT2D eigenvalue weighted by atomic mass is 10.0. The number of anilines is 1. The van der Waals surface area contributed by atoms with Crippen molar-refractivity contribution in [1.29, 1.82) is 0 Å². The summed E-state index contributed by atoms with van der Waals surface area (Å²) < 4.78 is 11.2. The van der Waals surface area contributed by atoms with Crippen LogP contribution >= 0.6 is 0 Å². The third-order valence-electron chi connectivity index (χ3n) is 5.36. The molecule has 3 aromatic rings. The molecule has 156 valence electrons. The molecule has 30 heavy (non-hydrogen) atoms. The van der Waals surface area contributed by atoms with Gasteiger partial charge in [-0.2, -0.15) is 0 Å². The SMILES string of the molecule is COc1cccc2cc(C(=O)N3CCCCC3CNC(=O)Nc3ccccc3)oc12. The number of carbonyl (C=O) groups is 2. The molecular weight excluding hydrogens is 382 g/mol. The standard InChI is InChI=1S/C23H25N3O4/c1-29-19-12-7-8-16-14-20(30-21(16)19)22(27)26-13-6-5-11-18(26)15-24-23(28)25-17-9-3-2-4-10-17/h2-4,7-10,12,14,18H,5-6,11,13,15H2,1H3,(H2,24,25,28). The first-order valence-electron chi connectivity index (χ1n) is 10.1. The molecule has 0 radical (unpaired) electrons. The monoisotopic (exact) mass is 407 g/mol. The number of nitrogens with one attached hydrogen (secondary N) is 2. The average Bonchev–Trinajstić information content (AvgIpc) is 3.22. The van der Waals surface area contributed by atoms with E-state index >= 15 is 0 Å². The van der Waals surface area contributed by atoms with Crippen molar-refractivity contribution in [2.75, 3.05) is 25.5 Å². The van der Waals surface area contributed by atoms with E-state index in [-0.39, 0.29) is 23.7 Å². The number of piperidine rings is 1. The highest BCUT2D eigenvalue weighted by molar-refractivity contribution is 5.97. The van der Waals surface area contributed by atoms with Crippen molar-refractivity contribution in [2.24, 2.45) is 0 Å². The van der Waals surface area contributed by atoms with E-state index in [1.165, 1.54) is 0 Å². The molecule has 1 saturated heterocycles. The number of hydrogen-bond donors (Lipinski definition) is 2. The number of urea groups is 1. The zero-order chi connectivity index (χ0) is 20.9. The summed E-state index contributed by atoms with van der Waals surface area (Å²) >= 11 is 0. The number of ether oxygens (including phenoxy) is 1. The Labute approximate surface area is 175 Å². The molecule has 2 N–H and O–H groups in total. The Kier molecular flexibility index (Phi) is 5.88. The molecule has 0 spiro atoms. The summed E-state index contributed by atoms with van der Waals surface area (Å²) in [6, 6.07) is 16.2. The van der Waals surface area contributed by atoms with E-state index in [1.54, 1.807) is 24.1 Å². The van der Waals surface area contributed by atoms with Crippen LogP contribution in [0.25, 0.3) is 11.0 Å². The Bertz CT molecular complexity index is 1030. The third-order valence-corrected chi connectivity index (χ3v) is 5.36. The van der Waals surface area contributed by atoms with E-state index in [1.807, 2.05) is 42.5 Å². The van der Waals surface area contributed by atoms with E-state index in [4.69, 9.17) is 9.15 Å². The molecule has 1 atom stereocenters. The largest absolute Gasteiger partial charge is 0.493 e. The summed E-state index contributed by atoms with van der Waals surface area (Å²) in [5, 5.41) is 6.51. The molecule has 2 heterocycles. The summed E-state index contributed by atoms with van der Waals surface area (Å²) in [5.74, 6) is 0.722. The van der Waals surface area contributed by atoms with Gasteiger partial charge in [0.2, 0.25) is 0 Å². The average molecular weight is 407 g/mol. The van der Waals surface area contributed by atoms with Crippen LogP contribution in [-0.4, -0.2) is 43.1 Å². The Balaban J connectivity index is 1.44. The van der Waals surface area contributed by atoms with Crippen LogP contribution in [0.5, 0.6) is 5.75 Å². The molecule has 3 amide bonds. The summed E-state index contributed by atoms with van der Waals surface area (Å²) in [5.41, 5.74) is 1.29. The third kappa shape index (κ3) is 4.25. The zero-order valence-corrected chi connectivity index (χ0v) is 16.9. The van der Waals surface area contributed by atoms with Crippen molar-refractivity contribution in [3.63, 3.8) is 0 Å². The van der Waals surface area contributed by atoms with E-state index in [0.29, 0.717) is 24.4 Å². The molecule has 0 saturated carbocycles. The van der Waals surface area contributed by atoms with Gasteiger partial charge < -0.3 is 24.7 Å². The number of amides is 3. The summed E-state index contributed by atoms with van der Waals surface area (Å²) in [7, 11) is 1.58. The van der Waals surface area contributed by atoms with Crippen LogP contribution in [-0.2, 0) is 0 Å². The Morgan fingerprint density at radius 3 is 2.77 bits per heavy atom. The number of nitrogens with zero attached hydrogens (tertiary/aromatic N) is 1. The molecule has 2 aromatic carbocycles. The molecule has 0 aliphatic carbocycles. The van der Waals surface area contributed by atoms with Crippen molar-refractivity contribution in [3.8, 4) is 5.75 Å². The summed E-state index contributed by atoms with van der Waals surface area (Å²) in [6.07, 6.45) is 2.79. The van der Waals surface area contributed by atoms with Gasteiger partial charge in [0, 0.05) is 30.2 Å². The number of para-hydroxylation sites is 2. The van der Waals surface area contributed by atoms with Gasteiger partial charge >= 0.3 is 6.03 Å². The highest BCUT2D eigenvalue weighted by atomic mass is 16.5. The first kappa shape index (κ1) is 19.8. The lowest BCUT2D eigenvalue weighted by Gasteiger charge is -2.35. The Hall–Kier alpha value is -3.48. The number of benzene rings is 2. The van der Waals surface area contributed by atoms with Crippen LogP contribution in [0.2, 0.25) is 0 Å². The number of rotatable bonds is 5. The van der Waals surface area contributed by atoms with Gasteiger partial charge in [0.1, 0.15) is 0 Å². The maximum Gasteiger partial charge on any atom is 0.319 e. The first-order valence-corrected chi connectivity index (χ1v) is 10.1. The van der Waals surface area contributed by atoms with Crippen LogP contribution in [0.4, 0.5) is 10.5 Å². The second kappa shape index (κ2) is 8.90. The minimum atomic E-state index is -0.285. The van der Waals surface area contributed by atoms with Gasteiger partial charge in [-0.15, -0.1) is 0 Å². The molecule has 7 nitrogen and oxygen atoms in total. The minimum Gasteiger partial charge on any atom is -0.493 e. The Morgan fingerprint density at radius 1 is 1.13 bits per heavy atom. The number of methoxy groups -OCH3 is 1. The predicted molar refractivity (Wildman–Crippen MR) is 115 cm³/mol. The molecule has 1 fully saturated rings. The van der Waals surface area contributed by atoms with Crippen molar-refractivity contribution < 1.29 is 18.7 Å². The molecule has 1 aromatic heterocycles. The predicted octanol–water partition coefficient (Wildman–Crippen LogP) is 4.26. The molecule has 7 heteroatoms. The van der Waals surface area contributed by atoms with E-state index < -0.39 is 0 Å². The zero-order valence-electron chi connectivity index (χ0n) is 16.9. The highest BCUT2D eigenvalue weighted by Gasteiger charge is 2.30. The fourth-order valence-electron chi connectivity index (χ4n) is 3.83. The minimum absolute atomic E-state index is 0.0807. The fraction of sp³-hybridized carbons (Fsp3) is 0.304. The first-order chi connectivity index (χ1) is 14.7. The van der Waals surface area contributed by atoms with E-state index in [0.717, 1.165) is 30.3 Å². The van der Waals surface area contributed by atoms with Crippen LogP contribution in [0.1, 0.15) is 29.8 Å². The van der Waals surface area contributed by atoms with Crippen molar-refractivity contribution in [3.05, 3.63) is 60.4 Å². The number of furan rings is 1. The van der Waals surface area contributed by atoms with Crippen LogP contribution in [0, 0.1) is 0 Å². The molecule has 4 rings (SSSR count). The summed E-state index contributed by atoms with van der Waals surface area (Å²) in [4.78, 5) is 27.2.